The number of ether oxygens (including phenoxy) is 2. The Morgan fingerprint density at radius 2 is 2.11 bits per heavy atom. The maximum Gasteiger partial charge on any atom is 0.316 e. The summed E-state index contributed by atoms with van der Waals surface area (Å²) in [6.45, 7) is 0. The number of fused-ring (bicyclic) bond motifs is 2. The van der Waals surface area contributed by atoms with Gasteiger partial charge in [-0.3, -0.25) is 4.79 Å². The van der Waals surface area contributed by atoms with Gasteiger partial charge in [-0.2, -0.15) is 0 Å². The van der Waals surface area contributed by atoms with Crippen molar-refractivity contribution in [1.29, 1.82) is 0 Å². The molecule has 2 aliphatic rings. The van der Waals surface area contributed by atoms with Crippen LogP contribution in [0.1, 0.15) is 24.8 Å². The number of rotatable bonds is 3. The first-order valence-corrected chi connectivity index (χ1v) is 6.20. The SMILES string of the molecule is COc1ccc(C2(C(=O)O)CC3CCC2O3)cc1. The Labute approximate surface area is 106 Å². The molecule has 2 saturated heterocycles. The van der Waals surface area contributed by atoms with Crippen LogP contribution in [0.4, 0.5) is 0 Å². The molecular weight excluding hydrogens is 232 g/mol. The third kappa shape index (κ3) is 1.45. The molecule has 0 radical (unpaired) electrons. The Bertz CT molecular complexity index is 467. The molecule has 2 bridgehead atoms. The van der Waals surface area contributed by atoms with Gasteiger partial charge in [0.2, 0.25) is 0 Å². The molecular formula is C14H16O4. The fraction of sp³-hybridized carbons (Fsp3) is 0.500. The zero-order valence-electron chi connectivity index (χ0n) is 10.3. The van der Waals surface area contributed by atoms with Gasteiger partial charge in [-0.25, -0.2) is 0 Å². The number of benzene rings is 1. The van der Waals surface area contributed by atoms with E-state index >= 15 is 0 Å². The predicted molar refractivity (Wildman–Crippen MR) is 64.8 cm³/mol. The fourth-order valence-electron chi connectivity index (χ4n) is 3.25. The summed E-state index contributed by atoms with van der Waals surface area (Å²) in [5, 5.41) is 9.65. The molecule has 1 N–H and O–H groups in total. The highest BCUT2D eigenvalue weighted by Gasteiger charge is 2.58. The van der Waals surface area contributed by atoms with Crippen LogP contribution in [0.15, 0.2) is 24.3 Å². The van der Waals surface area contributed by atoms with E-state index < -0.39 is 11.4 Å². The molecule has 18 heavy (non-hydrogen) atoms. The molecule has 2 fully saturated rings. The minimum absolute atomic E-state index is 0.105. The average molecular weight is 248 g/mol. The molecule has 4 nitrogen and oxygen atoms in total. The van der Waals surface area contributed by atoms with Crippen molar-refractivity contribution >= 4 is 5.97 Å². The summed E-state index contributed by atoms with van der Waals surface area (Å²) in [6, 6.07) is 7.31. The number of hydrogen-bond donors (Lipinski definition) is 1. The summed E-state index contributed by atoms with van der Waals surface area (Å²) >= 11 is 0. The molecule has 3 unspecified atom stereocenters. The lowest BCUT2D eigenvalue weighted by molar-refractivity contribution is -0.146. The lowest BCUT2D eigenvalue weighted by Gasteiger charge is -2.31. The highest BCUT2D eigenvalue weighted by molar-refractivity contribution is 5.83. The maximum absolute atomic E-state index is 11.8. The fourth-order valence-corrected chi connectivity index (χ4v) is 3.25. The van der Waals surface area contributed by atoms with E-state index in [0.29, 0.717) is 6.42 Å². The van der Waals surface area contributed by atoms with Crippen LogP contribution in [0.25, 0.3) is 0 Å². The topological polar surface area (TPSA) is 55.8 Å². The van der Waals surface area contributed by atoms with Crippen LogP contribution in [0.2, 0.25) is 0 Å². The molecule has 2 heterocycles. The number of carboxylic acid groups (broad SMARTS) is 1. The van der Waals surface area contributed by atoms with Crippen molar-refractivity contribution in [2.45, 2.75) is 36.9 Å². The molecule has 3 rings (SSSR count). The zero-order chi connectivity index (χ0) is 12.8. The Morgan fingerprint density at radius 1 is 1.39 bits per heavy atom. The first-order valence-electron chi connectivity index (χ1n) is 6.20. The van der Waals surface area contributed by atoms with E-state index in [0.717, 1.165) is 24.2 Å². The van der Waals surface area contributed by atoms with E-state index in [1.165, 1.54) is 0 Å². The summed E-state index contributed by atoms with van der Waals surface area (Å²) < 4.78 is 10.9. The first kappa shape index (κ1) is 11.5. The van der Waals surface area contributed by atoms with Gasteiger partial charge in [0.15, 0.2) is 0 Å². The second-order valence-electron chi connectivity index (χ2n) is 5.03. The molecule has 96 valence electrons. The van der Waals surface area contributed by atoms with Gasteiger partial charge in [-0.1, -0.05) is 12.1 Å². The molecule has 0 aromatic heterocycles. The monoisotopic (exact) mass is 248 g/mol. The van der Waals surface area contributed by atoms with E-state index in [-0.39, 0.29) is 12.2 Å². The van der Waals surface area contributed by atoms with Gasteiger partial charge in [0.05, 0.1) is 19.3 Å². The summed E-state index contributed by atoms with van der Waals surface area (Å²) in [6.07, 6.45) is 2.32. The van der Waals surface area contributed by atoms with Crippen LogP contribution >= 0.6 is 0 Å². The van der Waals surface area contributed by atoms with Gasteiger partial charge in [0.1, 0.15) is 11.2 Å². The quantitative estimate of drug-likeness (QED) is 0.888. The van der Waals surface area contributed by atoms with E-state index in [2.05, 4.69) is 0 Å². The maximum atomic E-state index is 11.8. The third-order valence-electron chi connectivity index (χ3n) is 4.19. The molecule has 1 aromatic rings. The zero-order valence-corrected chi connectivity index (χ0v) is 10.3. The van der Waals surface area contributed by atoms with Gasteiger partial charge < -0.3 is 14.6 Å². The second kappa shape index (κ2) is 3.99. The molecule has 0 saturated carbocycles. The summed E-state index contributed by atoms with van der Waals surface area (Å²) in [4.78, 5) is 11.8. The Morgan fingerprint density at radius 3 is 2.56 bits per heavy atom. The molecule has 3 atom stereocenters. The van der Waals surface area contributed by atoms with E-state index in [1.54, 1.807) is 7.11 Å². The summed E-state index contributed by atoms with van der Waals surface area (Å²) in [5.41, 5.74) is -0.0437. The van der Waals surface area contributed by atoms with Crippen molar-refractivity contribution in [2.75, 3.05) is 7.11 Å². The lowest BCUT2D eigenvalue weighted by atomic mass is 9.69. The minimum atomic E-state index is -0.866. The van der Waals surface area contributed by atoms with E-state index in [1.807, 2.05) is 24.3 Å². The summed E-state index contributed by atoms with van der Waals surface area (Å²) in [7, 11) is 1.60. The van der Waals surface area contributed by atoms with Crippen LogP contribution in [0, 0.1) is 0 Å². The first-order chi connectivity index (χ1) is 8.66. The van der Waals surface area contributed by atoms with Crippen molar-refractivity contribution in [2.24, 2.45) is 0 Å². The highest BCUT2D eigenvalue weighted by atomic mass is 16.5. The number of carbonyl (C=O) groups is 1. The van der Waals surface area contributed by atoms with Crippen molar-refractivity contribution in [3.05, 3.63) is 29.8 Å². The molecule has 0 aliphatic carbocycles. The van der Waals surface area contributed by atoms with Crippen LogP contribution in [-0.4, -0.2) is 30.4 Å². The number of methoxy groups -OCH3 is 1. The van der Waals surface area contributed by atoms with Crippen molar-refractivity contribution in [3.63, 3.8) is 0 Å². The van der Waals surface area contributed by atoms with Gasteiger partial charge in [0.25, 0.3) is 0 Å². The van der Waals surface area contributed by atoms with Gasteiger partial charge in [-0.15, -0.1) is 0 Å². The van der Waals surface area contributed by atoms with Gasteiger partial charge in [-0.05, 0) is 37.0 Å². The Kier molecular flexibility index (Phi) is 2.55. The van der Waals surface area contributed by atoms with Crippen LogP contribution < -0.4 is 4.74 Å². The predicted octanol–water partition coefficient (Wildman–Crippen LogP) is 1.97. The number of carboxylic acids is 1. The van der Waals surface area contributed by atoms with Gasteiger partial charge >= 0.3 is 5.97 Å². The van der Waals surface area contributed by atoms with Crippen LogP contribution in [0.3, 0.4) is 0 Å². The van der Waals surface area contributed by atoms with Crippen molar-refractivity contribution < 1.29 is 19.4 Å². The third-order valence-corrected chi connectivity index (χ3v) is 4.19. The minimum Gasteiger partial charge on any atom is -0.497 e. The van der Waals surface area contributed by atoms with E-state index in [9.17, 15) is 9.90 Å². The van der Waals surface area contributed by atoms with Crippen molar-refractivity contribution in [3.8, 4) is 5.75 Å². The number of hydrogen-bond acceptors (Lipinski definition) is 3. The van der Waals surface area contributed by atoms with Crippen molar-refractivity contribution in [1.82, 2.24) is 0 Å². The average Bonchev–Trinajstić information content (AvgIpc) is 2.99. The second-order valence-corrected chi connectivity index (χ2v) is 5.03. The lowest BCUT2D eigenvalue weighted by Crippen LogP contribution is -2.44. The molecule has 1 aromatic carbocycles. The standard InChI is InChI=1S/C14H16O4/c1-17-10-4-2-9(3-5-10)14(13(15)16)8-11-6-7-12(14)18-11/h2-5,11-12H,6-8H2,1H3,(H,15,16). The Hall–Kier alpha value is -1.55. The van der Waals surface area contributed by atoms with E-state index in [4.69, 9.17) is 9.47 Å². The molecule has 0 spiro atoms. The largest absolute Gasteiger partial charge is 0.497 e. The summed E-state index contributed by atoms with van der Waals surface area (Å²) in [5.74, 6) is -0.0387. The molecule has 4 heteroatoms. The number of aliphatic carboxylic acids is 1. The smallest absolute Gasteiger partial charge is 0.316 e. The normalized spacial score (nSPS) is 33.6. The van der Waals surface area contributed by atoms with Gasteiger partial charge in [0, 0.05) is 0 Å². The Balaban J connectivity index is 2.02. The molecule has 2 aliphatic heterocycles. The molecule has 0 amide bonds. The highest BCUT2D eigenvalue weighted by Crippen LogP contribution is 2.49. The van der Waals surface area contributed by atoms with Crippen LogP contribution in [0.5, 0.6) is 5.75 Å². The van der Waals surface area contributed by atoms with Crippen LogP contribution in [-0.2, 0) is 14.9 Å².